The fraction of sp³-hybridized carbons (Fsp3) is 0.490. The second-order valence-corrected chi connectivity index (χ2v) is 64.2. The molecule has 7 heteroatoms. The first-order chi connectivity index (χ1) is 25.4. The van der Waals surface area contributed by atoms with Gasteiger partial charge in [-0.3, -0.25) is 0 Å². The van der Waals surface area contributed by atoms with Gasteiger partial charge in [-0.05, 0) is 0 Å². The van der Waals surface area contributed by atoms with Crippen LogP contribution in [0.4, 0.5) is 0 Å². The molecule has 0 aromatic heterocycles. The summed E-state index contributed by atoms with van der Waals surface area (Å²) in [5.74, 6) is 0. The van der Waals surface area contributed by atoms with Gasteiger partial charge in [0.25, 0.3) is 0 Å². The molecule has 302 valence electrons. The maximum atomic E-state index is 2.97. The van der Waals surface area contributed by atoms with E-state index in [9.17, 15) is 0 Å². The van der Waals surface area contributed by atoms with Gasteiger partial charge in [-0.15, -0.1) is 0 Å². The molecule has 0 fully saturated rings. The zero-order chi connectivity index (χ0) is 42.3. The van der Waals surface area contributed by atoms with E-state index in [0.717, 1.165) is 0 Å². The molecule has 56 heavy (non-hydrogen) atoms. The predicted octanol–water partition coefficient (Wildman–Crippen LogP) is 13.6. The summed E-state index contributed by atoms with van der Waals surface area (Å²) >= 11 is -3.12. The minimum atomic E-state index is -3.12. The number of hydrogen-bond acceptors (Lipinski definition) is 0. The molecule has 0 saturated heterocycles. The fourth-order valence-electron chi connectivity index (χ4n) is 12.6. The molecule has 0 radical (unpaired) electrons. The molecular weight excluding hydrogens is 876 g/mol. The van der Waals surface area contributed by atoms with Gasteiger partial charge in [0.05, 0.1) is 0 Å². The summed E-state index contributed by atoms with van der Waals surface area (Å²) in [6, 6.07) is 30.1. The summed E-state index contributed by atoms with van der Waals surface area (Å²) in [6.07, 6.45) is 0. The van der Waals surface area contributed by atoms with Gasteiger partial charge in [0.15, 0.2) is 0 Å². The molecule has 0 heterocycles. The van der Waals surface area contributed by atoms with Gasteiger partial charge in [0.2, 0.25) is 0 Å². The quantitative estimate of drug-likeness (QED) is 0.116. The zero-order valence-electron chi connectivity index (χ0n) is 39.7. The van der Waals surface area contributed by atoms with Crippen molar-refractivity contribution in [2.45, 2.75) is 154 Å². The summed E-state index contributed by atoms with van der Waals surface area (Å²) in [4.78, 5) is 0. The van der Waals surface area contributed by atoms with Gasteiger partial charge in [-0.2, -0.15) is 0 Å². The van der Waals surface area contributed by atoms with Crippen molar-refractivity contribution < 1.29 is 0 Å². The normalized spacial score (nSPS) is 14.2. The number of aryl methyl sites for hydroxylation is 3. The number of rotatable bonds is 11. The van der Waals surface area contributed by atoms with Gasteiger partial charge in [0.1, 0.15) is 0 Å². The van der Waals surface area contributed by atoms with Crippen LogP contribution in [0.1, 0.15) is 60.0 Å². The van der Waals surface area contributed by atoms with Crippen molar-refractivity contribution in [2.24, 2.45) is 0 Å². The molecule has 0 amide bonds. The van der Waals surface area contributed by atoms with Crippen LogP contribution in [0.2, 0.25) is 118 Å². The molecule has 0 unspecified atom stereocenters. The standard InChI is InChI=1S/C27H59Si6.C13H8.C9H11.Sn/c1-28(2,3)25(29(4,5)6)22-19-23(26(30(7,8)9)31(10,11)12)21-24(20-22)27(32(13,14)15)33(16,17)18;1-3-7-12-10(5-1)9-11-6-2-4-8-13(11)12;1-7-4-8(2)6-9(3)5-7;/h19-20,25-27H,1-18H3;1-8H;4-5H,1-3H3;. The molecule has 0 bridgehead atoms. The molecular formula is C49H78Si6Sn. The second kappa shape index (κ2) is 15.7. The van der Waals surface area contributed by atoms with Crippen LogP contribution in [0, 0.1) is 20.8 Å². The van der Waals surface area contributed by atoms with Gasteiger partial charge in [0, 0.05) is 0 Å². The Morgan fingerprint density at radius 1 is 0.375 bits per heavy atom. The van der Waals surface area contributed by atoms with Gasteiger partial charge >= 0.3 is 361 Å². The van der Waals surface area contributed by atoms with E-state index >= 15 is 0 Å². The van der Waals surface area contributed by atoms with Crippen molar-refractivity contribution in [2.75, 3.05) is 0 Å². The van der Waals surface area contributed by atoms with Crippen molar-refractivity contribution in [3.63, 3.8) is 0 Å². The van der Waals surface area contributed by atoms with Crippen molar-refractivity contribution in [1.82, 2.24) is 0 Å². The molecule has 0 aliphatic heterocycles. The Morgan fingerprint density at radius 3 is 0.982 bits per heavy atom. The van der Waals surface area contributed by atoms with Crippen LogP contribution in [-0.4, -0.2) is 71.2 Å². The Kier molecular flexibility index (Phi) is 12.9. The van der Waals surface area contributed by atoms with E-state index in [4.69, 9.17) is 0 Å². The van der Waals surface area contributed by atoms with Gasteiger partial charge in [-0.25, -0.2) is 0 Å². The van der Waals surface area contributed by atoms with Crippen molar-refractivity contribution >= 4 is 78.4 Å². The molecule has 4 aromatic rings. The maximum absolute atomic E-state index is 3.12. The third-order valence-corrected chi connectivity index (χ3v) is 50.1. The molecule has 5 rings (SSSR count). The number of hydrogen-bond donors (Lipinski definition) is 0. The second-order valence-electron chi connectivity index (χ2n) is 24.2. The van der Waals surface area contributed by atoms with Crippen LogP contribution in [0.3, 0.4) is 0 Å². The third-order valence-electron chi connectivity index (χ3n) is 12.5. The van der Waals surface area contributed by atoms with E-state index in [1.807, 2.05) is 14.7 Å². The summed E-state index contributed by atoms with van der Waals surface area (Å²) in [5, 5.41) is 2.06. The Hall–Kier alpha value is -1.15. The predicted molar refractivity (Wildman–Crippen MR) is 276 cm³/mol. The molecule has 4 aromatic carbocycles. The average molecular weight is 954 g/mol. The van der Waals surface area contributed by atoms with E-state index < -0.39 is 67.7 Å². The Balaban J connectivity index is 2.26. The van der Waals surface area contributed by atoms with E-state index in [0.29, 0.717) is 15.5 Å². The molecule has 0 N–H and O–H groups in total. The van der Waals surface area contributed by atoms with Crippen molar-refractivity contribution in [1.29, 1.82) is 0 Å². The van der Waals surface area contributed by atoms with Crippen LogP contribution in [-0.2, 0) is 0 Å². The molecule has 0 nitrogen and oxygen atoms in total. The molecule has 0 atom stereocenters. The Bertz CT molecular complexity index is 1990. The van der Waals surface area contributed by atoms with E-state index in [-0.39, 0.29) is 0 Å². The van der Waals surface area contributed by atoms with Crippen LogP contribution in [0.15, 0.2) is 72.8 Å². The van der Waals surface area contributed by atoms with Crippen molar-refractivity contribution in [3.8, 4) is 11.1 Å². The average Bonchev–Trinajstić information content (AvgIpc) is 3.29. The first-order valence-corrected chi connectivity index (χ1v) is 47.3. The summed E-state index contributed by atoms with van der Waals surface area (Å²) in [5.41, 5.74) is 15.9. The molecule has 1 aliphatic carbocycles. The van der Waals surface area contributed by atoms with Crippen LogP contribution in [0.5, 0.6) is 0 Å². The summed E-state index contributed by atoms with van der Waals surface area (Å²) in [6.45, 7) is 56.2. The Labute approximate surface area is 358 Å². The third kappa shape index (κ3) is 9.12. The topological polar surface area (TPSA) is 0 Å². The number of fused-ring (bicyclic) bond motifs is 3. The summed E-state index contributed by atoms with van der Waals surface area (Å²) in [7, 11) is -10.1. The first kappa shape index (κ1) is 45.9. The van der Waals surface area contributed by atoms with Gasteiger partial charge in [-0.1, -0.05) is 0 Å². The first-order valence-electron chi connectivity index (χ1n) is 21.6. The fourth-order valence-corrected chi connectivity index (χ4v) is 62.9. The molecule has 0 saturated carbocycles. The number of benzene rings is 4. The van der Waals surface area contributed by atoms with Crippen LogP contribution >= 0.6 is 0 Å². The van der Waals surface area contributed by atoms with E-state index in [1.165, 1.54) is 38.9 Å². The SMILES string of the molecule is Cc1cc(C)[c]([Sn](=[C]2c3ccccc3-c3ccccc32)[c]2c(C([Si](C)(C)C)[Si](C)(C)C)cc(C([Si](C)(C)C)[Si](C)(C)C)cc2C([Si](C)(C)C)[Si](C)(C)C)c(C)c1. The van der Waals surface area contributed by atoms with Crippen LogP contribution in [0.25, 0.3) is 11.1 Å². The van der Waals surface area contributed by atoms with Crippen molar-refractivity contribution in [3.05, 3.63) is 117 Å². The minimum absolute atomic E-state index is 0.672. The van der Waals surface area contributed by atoms with Gasteiger partial charge < -0.3 is 0 Å². The Morgan fingerprint density at radius 2 is 0.679 bits per heavy atom. The van der Waals surface area contributed by atoms with Crippen LogP contribution < -0.4 is 7.16 Å². The monoisotopic (exact) mass is 954 g/mol. The zero-order valence-corrected chi connectivity index (χ0v) is 48.5. The van der Waals surface area contributed by atoms with E-state index in [2.05, 4.69) is 211 Å². The molecule has 0 spiro atoms. The van der Waals surface area contributed by atoms with E-state index in [1.54, 1.807) is 12.7 Å². The summed E-state index contributed by atoms with van der Waals surface area (Å²) < 4.78 is 5.41. The molecule has 1 aliphatic rings.